The van der Waals surface area contributed by atoms with Crippen LogP contribution in [0.2, 0.25) is 0 Å². The Morgan fingerprint density at radius 3 is 2.00 bits per heavy atom. The first kappa shape index (κ1) is 51.4. The van der Waals surface area contributed by atoms with Crippen LogP contribution < -0.4 is 10.1 Å². The lowest BCUT2D eigenvalue weighted by molar-refractivity contribution is -0.148. The third kappa shape index (κ3) is 12.0. The number of ether oxygens (including phenoxy) is 2. The first-order valence-corrected chi connectivity index (χ1v) is 25.2. The van der Waals surface area contributed by atoms with Gasteiger partial charge in [0.2, 0.25) is 0 Å². The van der Waals surface area contributed by atoms with Gasteiger partial charge in [0.1, 0.15) is 11.9 Å². The van der Waals surface area contributed by atoms with Gasteiger partial charge in [-0.25, -0.2) is 0 Å². The molecule has 8 rings (SSSR count). The van der Waals surface area contributed by atoms with Gasteiger partial charge in [0.25, 0.3) is 5.91 Å². The highest BCUT2D eigenvalue weighted by Gasteiger charge is 2.59. The monoisotopic (exact) mass is 910 g/mol. The zero-order chi connectivity index (χ0) is 48.8. The maximum atomic E-state index is 12.4. The number of esters is 1. The highest BCUT2D eigenvalue weighted by molar-refractivity contribution is 6.06. The fraction of sp³-hybridized carbons (Fsp3) is 0.533. The number of allylic oxidation sites excluding steroid dienone is 1. The molecule has 3 fully saturated rings. The van der Waals surface area contributed by atoms with Gasteiger partial charge >= 0.3 is 5.97 Å². The molecule has 0 aromatic heterocycles. The number of carbonyl (C=O) groups is 4. The molecule has 1 amide bonds. The van der Waals surface area contributed by atoms with Gasteiger partial charge in [0.15, 0.2) is 11.6 Å². The van der Waals surface area contributed by atoms with E-state index in [9.17, 15) is 19.2 Å². The minimum absolute atomic E-state index is 0.0121. The molecule has 1 N–H and O–H groups in total. The fourth-order valence-electron chi connectivity index (χ4n) is 13.1. The largest absolute Gasteiger partial charge is 0.497 e. The van der Waals surface area contributed by atoms with E-state index in [1.165, 1.54) is 64.7 Å². The van der Waals surface area contributed by atoms with Crippen LogP contribution in [0.3, 0.4) is 0 Å². The van der Waals surface area contributed by atoms with Gasteiger partial charge in [-0.15, -0.1) is 0 Å². The van der Waals surface area contributed by atoms with Crippen LogP contribution in [0.4, 0.5) is 5.69 Å². The van der Waals surface area contributed by atoms with Crippen LogP contribution in [0.15, 0.2) is 84.4 Å². The van der Waals surface area contributed by atoms with Crippen molar-refractivity contribution in [2.45, 2.75) is 153 Å². The predicted molar refractivity (Wildman–Crippen MR) is 274 cm³/mol. The van der Waals surface area contributed by atoms with Crippen LogP contribution in [0.5, 0.6) is 5.75 Å². The van der Waals surface area contributed by atoms with Crippen molar-refractivity contribution < 1.29 is 28.7 Å². The van der Waals surface area contributed by atoms with Gasteiger partial charge < -0.3 is 14.8 Å². The Morgan fingerprint density at radius 2 is 1.37 bits per heavy atom. The molecule has 67 heavy (non-hydrogen) atoms. The number of nitrogens with one attached hydrogen (secondary N) is 1. The highest BCUT2D eigenvalue weighted by Crippen LogP contribution is 2.67. The summed E-state index contributed by atoms with van der Waals surface area (Å²) in [5.74, 6) is 6.00. The Bertz CT molecular complexity index is 2420. The average Bonchev–Trinajstić information content (AvgIpc) is 3.63. The summed E-state index contributed by atoms with van der Waals surface area (Å²) in [7, 11) is 1.64. The highest BCUT2D eigenvalue weighted by atomic mass is 16.5. The van der Waals surface area contributed by atoms with Crippen LogP contribution >= 0.6 is 0 Å². The summed E-state index contributed by atoms with van der Waals surface area (Å²) in [6, 6.07) is 22.4. The number of amides is 1. The minimum Gasteiger partial charge on any atom is -0.497 e. The smallest absolute Gasteiger partial charge is 0.302 e. The molecule has 0 spiro atoms. The molecule has 0 heterocycles. The molecule has 0 radical (unpaired) electrons. The lowest BCUT2D eigenvalue weighted by atomic mass is 9.47. The number of benzene rings is 4. The van der Waals surface area contributed by atoms with Crippen molar-refractivity contribution in [2.24, 2.45) is 46.3 Å². The number of rotatable bonds is 11. The molecule has 4 aliphatic rings. The average molecular weight is 910 g/mol. The number of hydrogen-bond donors (Lipinski definition) is 1. The molecule has 7 nitrogen and oxygen atoms in total. The molecule has 3 saturated carbocycles. The third-order valence-corrected chi connectivity index (χ3v) is 16.5. The Kier molecular flexibility index (Phi) is 16.8. The Morgan fingerprint density at radius 1 is 0.731 bits per heavy atom. The quantitative estimate of drug-likeness (QED) is 0.0914. The van der Waals surface area contributed by atoms with E-state index >= 15 is 0 Å². The summed E-state index contributed by atoms with van der Waals surface area (Å²) in [5.41, 5.74) is 8.37. The summed E-state index contributed by atoms with van der Waals surface area (Å²) in [5, 5.41) is 5.02. The van der Waals surface area contributed by atoms with Gasteiger partial charge in [0, 0.05) is 35.7 Å². The SMILES string of the molecule is CC(=O)OC1CC[C@@]2(C)C(=CCC3C4CCC(C(C)CCCC(C)C)[C@@]4(C)CCC32)C1.CC(=O)c1ccc(NC(=O)c2c(C)cc(C)cc2C)cc1.COc1ccc2cc(C(C)=O)ccc2c1. The van der Waals surface area contributed by atoms with Crippen molar-refractivity contribution in [1.82, 2.24) is 0 Å². The Labute approximate surface area is 402 Å². The van der Waals surface area contributed by atoms with Crippen LogP contribution in [-0.4, -0.2) is 36.7 Å². The van der Waals surface area contributed by atoms with Gasteiger partial charge in [-0.3, -0.25) is 19.2 Å². The second-order valence-corrected chi connectivity index (χ2v) is 21.6. The third-order valence-electron chi connectivity index (χ3n) is 16.5. The van der Waals surface area contributed by atoms with E-state index in [-0.39, 0.29) is 29.5 Å². The molecule has 4 aromatic rings. The number of aryl methyl sites for hydroxylation is 3. The lowest BCUT2D eigenvalue weighted by Gasteiger charge is -2.58. The molecule has 4 aliphatic carbocycles. The summed E-state index contributed by atoms with van der Waals surface area (Å²) >= 11 is 0. The Balaban J connectivity index is 0.000000178. The summed E-state index contributed by atoms with van der Waals surface area (Å²) < 4.78 is 10.7. The second-order valence-electron chi connectivity index (χ2n) is 21.6. The molecule has 7 heteroatoms. The molecule has 4 aromatic carbocycles. The predicted octanol–water partition coefficient (Wildman–Crippen LogP) is 15.1. The summed E-state index contributed by atoms with van der Waals surface area (Å²) in [6.45, 7) is 23.1. The molecule has 360 valence electrons. The summed E-state index contributed by atoms with van der Waals surface area (Å²) in [4.78, 5) is 46.3. The topological polar surface area (TPSA) is 98.8 Å². The van der Waals surface area contributed by atoms with Crippen LogP contribution in [-0.2, 0) is 9.53 Å². The van der Waals surface area contributed by atoms with E-state index < -0.39 is 0 Å². The molecular formula is C60H79NO6. The standard InChI is InChI=1S/C29H48O2.C18H19NO2.C13H12O2/c1-19(2)8-7-9-20(3)25-12-13-26-24-11-10-22-18-23(31-21(4)30)14-16-28(22,5)27(24)15-17-29(25,26)6;1-11-9-12(2)17(13(3)10-11)18(21)19-16-7-5-15(6-8-16)14(4)20;1-9(14)10-3-4-12-8-13(15-2)6-5-11(12)7-10/h10,19-20,23-27H,7-9,11-18H2,1-6H3;5-10H,1-4H3,(H,19,21);3-8H,1-2H3/t20?,23?,24?,25?,26?,27?,28-,29+;;/m0../s1. The van der Waals surface area contributed by atoms with Crippen molar-refractivity contribution in [3.05, 3.63) is 118 Å². The molecule has 0 aliphatic heterocycles. The first-order valence-electron chi connectivity index (χ1n) is 25.2. The van der Waals surface area contributed by atoms with Gasteiger partial charge in [-0.1, -0.05) is 101 Å². The zero-order valence-corrected chi connectivity index (χ0v) is 42.8. The summed E-state index contributed by atoms with van der Waals surface area (Å²) in [6.07, 6.45) is 17.2. The fourth-order valence-corrected chi connectivity index (χ4v) is 13.1. The van der Waals surface area contributed by atoms with Crippen molar-refractivity contribution in [3.8, 4) is 5.75 Å². The van der Waals surface area contributed by atoms with E-state index in [0.29, 0.717) is 27.6 Å². The maximum absolute atomic E-state index is 12.4. The van der Waals surface area contributed by atoms with Crippen molar-refractivity contribution in [2.75, 3.05) is 12.4 Å². The molecule has 0 bridgehead atoms. The van der Waals surface area contributed by atoms with Gasteiger partial charge in [-0.05, 0) is 190 Å². The van der Waals surface area contributed by atoms with Crippen molar-refractivity contribution in [3.63, 3.8) is 0 Å². The van der Waals surface area contributed by atoms with Crippen molar-refractivity contribution in [1.29, 1.82) is 0 Å². The normalized spacial score (nSPS) is 25.4. The van der Waals surface area contributed by atoms with E-state index in [0.717, 1.165) is 87.1 Å². The van der Waals surface area contributed by atoms with Crippen molar-refractivity contribution >= 4 is 39.9 Å². The number of ketones is 2. The zero-order valence-electron chi connectivity index (χ0n) is 42.8. The van der Waals surface area contributed by atoms with E-state index in [1.54, 1.807) is 50.8 Å². The molecule has 8 atom stereocenters. The Hall–Kier alpha value is -5.04. The van der Waals surface area contributed by atoms with Gasteiger partial charge in [-0.2, -0.15) is 0 Å². The number of hydrogen-bond acceptors (Lipinski definition) is 6. The second kappa shape index (κ2) is 21.9. The molecule has 0 saturated heterocycles. The molecule has 6 unspecified atom stereocenters. The van der Waals surface area contributed by atoms with E-state index in [1.807, 2.05) is 69.3 Å². The number of Topliss-reactive ketones (excluding diaryl/α,β-unsaturated/α-hetero) is 2. The number of fused-ring (bicyclic) bond motifs is 6. The first-order chi connectivity index (χ1) is 31.7. The number of anilines is 1. The van der Waals surface area contributed by atoms with Crippen LogP contribution in [0.25, 0.3) is 10.8 Å². The molecular weight excluding hydrogens is 831 g/mol. The van der Waals surface area contributed by atoms with Gasteiger partial charge in [0.05, 0.1) is 7.11 Å². The number of methoxy groups -OCH3 is 1. The van der Waals surface area contributed by atoms with Crippen LogP contribution in [0, 0.1) is 67.1 Å². The lowest BCUT2D eigenvalue weighted by Crippen LogP contribution is -2.51. The maximum Gasteiger partial charge on any atom is 0.302 e. The number of carbonyl (C=O) groups excluding carboxylic acids is 4. The van der Waals surface area contributed by atoms with E-state index in [4.69, 9.17) is 9.47 Å². The van der Waals surface area contributed by atoms with Crippen LogP contribution in [0.1, 0.15) is 174 Å². The van der Waals surface area contributed by atoms with E-state index in [2.05, 4.69) is 46.0 Å². The minimum atomic E-state index is -0.124.